The van der Waals surface area contributed by atoms with Gasteiger partial charge in [0.15, 0.2) is 5.96 Å². The average Bonchev–Trinajstić information content (AvgIpc) is 2.59. The highest BCUT2D eigenvalue weighted by Crippen LogP contribution is 2.07. The Morgan fingerprint density at radius 1 is 1.17 bits per heavy atom. The van der Waals surface area contributed by atoms with Crippen molar-refractivity contribution >= 4 is 16.0 Å². The summed E-state index contributed by atoms with van der Waals surface area (Å²) in [6, 6.07) is 0. The molecule has 1 heterocycles. The van der Waals surface area contributed by atoms with Crippen molar-refractivity contribution in [3.8, 4) is 0 Å². The second-order valence-electron chi connectivity index (χ2n) is 6.17. The van der Waals surface area contributed by atoms with Crippen LogP contribution in [0.5, 0.6) is 0 Å². The number of guanidine groups is 1. The largest absolute Gasteiger partial charge is 0.357 e. The molecule has 24 heavy (non-hydrogen) atoms. The first-order valence-corrected chi connectivity index (χ1v) is 10.8. The molecule has 0 atom stereocenters. The molecule has 142 valence electrons. The van der Waals surface area contributed by atoms with E-state index in [2.05, 4.69) is 20.5 Å². The van der Waals surface area contributed by atoms with Crippen LogP contribution in [0.25, 0.3) is 0 Å². The molecule has 7 nitrogen and oxygen atoms in total. The molecule has 0 spiro atoms. The van der Waals surface area contributed by atoms with Gasteiger partial charge in [-0.2, -0.15) is 0 Å². The van der Waals surface area contributed by atoms with Crippen LogP contribution in [0.1, 0.15) is 39.5 Å². The normalized spacial score (nSPS) is 17.2. The van der Waals surface area contributed by atoms with E-state index in [1.165, 1.54) is 36.7 Å². The van der Waals surface area contributed by atoms with Crippen molar-refractivity contribution in [2.24, 2.45) is 4.99 Å². The van der Waals surface area contributed by atoms with Crippen molar-refractivity contribution in [1.82, 2.24) is 19.8 Å². The zero-order chi connectivity index (χ0) is 17.8. The number of sulfonamides is 1. The predicted molar refractivity (Wildman–Crippen MR) is 101 cm³/mol. The number of rotatable bonds is 10. The van der Waals surface area contributed by atoms with Crippen LogP contribution in [-0.4, -0.2) is 82.2 Å². The number of hydrogen-bond acceptors (Lipinski definition) is 4. The molecule has 0 saturated carbocycles. The zero-order valence-corrected chi connectivity index (χ0v) is 16.4. The van der Waals surface area contributed by atoms with Gasteiger partial charge in [-0.15, -0.1) is 0 Å². The van der Waals surface area contributed by atoms with E-state index in [0.717, 1.165) is 32.0 Å². The fraction of sp³-hybridized carbons (Fsp3) is 0.938. The molecule has 8 heteroatoms. The van der Waals surface area contributed by atoms with Crippen LogP contribution in [0, 0.1) is 0 Å². The second-order valence-corrected chi connectivity index (χ2v) is 8.53. The smallest absolute Gasteiger partial charge is 0.213 e. The lowest BCUT2D eigenvalue weighted by atomic mass is 10.1. The topological polar surface area (TPSA) is 77.0 Å². The Morgan fingerprint density at radius 2 is 1.88 bits per heavy atom. The van der Waals surface area contributed by atoms with Gasteiger partial charge >= 0.3 is 0 Å². The van der Waals surface area contributed by atoms with Gasteiger partial charge in [0.2, 0.25) is 10.0 Å². The standard InChI is InChI=1S/C16H35N5O2S/c1-4-17-16(19-11-15-21-13-7-6-8-14-21)18-10-9-12-20(3)24(22,23)5-2/h4-15H2,1-3H3,(H2,17,18,19). The molecular formula is C16H35N5O2S. The molecule has 1 aliphatic rings. The molecule has 0 aromatic carbocycles. The van der Waals surface area contributed by atoms with Crippen LogP contribution in [0.3, 0.4) is 0 Å². The minimum absolute atomic E-state index is 0.146. The van der Waals surface area contributed by atoms with Crippen molar-refractivity contribution in [1.29, 1.82) is 0 Å². The van der Waals surface area contributed by atoms with Gasteiger partial charge in [0.05, 0.1) is 5.75 Å². The van der Waals surface area contributed by atoms with E-state index in [1.54, 1.807) is 14.0 Å². The molecule has 1 rings (SSSR count). The van der Waals surface area contributed by atoms with Gasteiger partial charge in [-0.1, -0.05) is 6.42 Å². The summed E-state index contributed by atoms with van der Waals surface area (Å²) in [5.74, 6) is 0.962. The Hall–Kier alpha value is -0.860. The summed E-state index contributed by atoms with van der Waals surface area (Å²) in [6.45, 7) is 9.98. The van der Waals surface area contributed by atoms with Crippen LogP contribution in [-0.2, 0) is 10.0 Å². The average molecular weight is 362 g/mol. The molecule has 0 bridgehead atoms. The summed E-state index contributed by atoms with van der Waals surface area (Å²) in [7, 11) is -1.46. The lowest BCUT2D eigenvalue weighted by molar-refractivity contribution is 0.232. The quantitative estimate of drug-likeness (QED) is 0.340. The van der Waals surface area contributed by atoms with E-state index in [4.69, 9.17) is 0 Å². The lowest BCUT2D eigenvalue weighted by Crippen LogP contribution is -2.42. The predicted octanol–water partition coefficient (Wildman–Crippen LogP) is 0.699. The summed E-state index contributed by atoms with van der Waals surface area (Å²) in [6.07, 6.45) is 4.69. The van der Waals surface area contributed by atoms with Crippen molar-refractivity contribution in [3.05, 3.63) is 0 Å². The SMILES string of the molecule is CCNC(=NCCCN(C)S(=O)(=O)CC)NCCN1CCCCC1. The van der Waals surface area contributed by atoms with Crippen molar-refractivity contribution in [3.63, 3.8) is 0 Å². The molecule has 0 aromatic heterocycles. The second kappa shape index (κ2) is 11.7. The van der Waals surface area contributed by atoms with Crippen LogP contribution in [0.15, 0.2) is 4.99 Å². The molecule has 1 fully saturated rings. The number of hydrogen-bond donors (Lipinski definition) is 2. The number of nitrogens with zero attached hydrogens (tertiary/aromatic N) is 3. The Kier molecular flexibility index (Phi) is 10.3. The maximum absolute atomic E-state index is 11.7. The van der Waals surface area contributed by atoms with Crippen LogP contribution in [0.2, 0.25) is 0 Å². The van der Waals surface area contributed by atoms with Crippen LogP contribution >= 0.6 is 0 Å². The van der Waals surface area contributed by atoms with E-state index in [1.807, 2.05) is 6.92 Å². The van der Waals surface area contributed by atoms with E-state index >= 15 is 0 Å². The minimum Gasteiger partial charge on any atom is -0.357 e. The number of nitrogens with one attached hydrogen (secondary N) is 2. The lowest BCUT2D eigenvalue weighted by Gasteiger charge is -2.26. The maximum atomic E-state index is 11.7. The first-order chi connectivity index (χ1) is 11.5. The molecule has 0 aromatic rings. The Labute approximate surface area is 147 Å². The number of aliphatic imine (C=N–C) groups is 1. The van der Waals surface area contributed by atoms with Gasteiger partial charge in [0, 0.05) is 39.8 Å². The Bertz CT molecular complexity index is 461. The Balaban J connectivity index is 2.28. The fourth-order valence-electron chi connectivity index (χ4n) is 2.70. The highest BCUT2D eigenvalue weighted by atomic mass is 32.2. The third kappa shape index (κ3) is 8.30. The molecule has 0 aliphatic carbocycles. The number of likely N-dealkylation sites (tertiary alicyclic amines) is 1. The molecular weight excluding hydrogens is 326 g/mol. The fourth-order valence-corrected chi connectivity index (χ4v) is 3.55. The van der Waals surface area contributed by atoms with E-state index < -0.39 is 10.0 Å². The van der Waals surface area contributed by atoms with Crippen molar-refractivity contribution in [2.75, 3.05) is 58.6 Å². The first-order valence-electron chi connectivity index (χ1n) is 9.18. The summed E-state index contributed by atoms with van der Waals surface area (Å²) in [5, 5.41) is 6.60. The van der Waals surface area contributed by atoms with E-state index in [0.29, 0.717) is 13.1 Å². The molecule has 1 aliphatic heterocycles. The third-order valence-corrected chi connectivity index (χ3v) is 6.12. The molecule has 0 unspecified atom stereocenters. The van der Waals surface area contributed by atoms with E-state index in [9.17, 15) is 8.42 Å². The summed E-state index contributed by atoms with van der Waals surface area (Å²) >= 11 is 0. The van der Waals surface area contributed by atoms with Gasteiger partial charge in [0.25, 0.3) is 0 Å². The zero-order valence-electron chi connectivity index (χ0n) is 15.6. The third-order valence-electron chi connectivity index (χ3n) is 4.25. The highest BCUT2D eigenvalue weighted by Gasteiger charge is 2.14. The molecule has 1 saturated heterocycles. The van der Waals surface area contributed by atoms with Gasteiger partial charge in [-0.25, -0.2) is 12.7 Å². The minimum atomic E-state index is -3.09. The monoisotopic (exact) mass is 361 g/mol. The first kappa shape index (κ1) is 21.2. The van der Waals surface area contributed by atoms with Crippen molar-refractivity contribution < 1.29 is 8.42 Å². The molecule has 2 N–H and O–H groups in total. The maximum Gasteiger partial charge on any atom is 0.213 e. The van der Waals surface area contributed by atoms with Gasteiger partial charge in [-0.3, -0.25) is 4.99 Å². The summed E-state index contributed by atoms with van der Waals surface area (Å²) in [4.78, 5) is 7.02. The van der Waals surface area contributed by atoms with Crippen molar-refractivity contribution in [2.45, 2.75) is 39.5 Å². The summed E-state index contributed by atoms with van der Waals surface area (Å²) < 4.78 is 24.8. The van der Waals surface area contributed by atoms with Gasteiger partial charge in [-0.05, 0) is 46.2 Å². The molecule has 0 amide bonds. The van der Waals surface area contributed by atoms with E-state index in [-0.39, 0.29) is 5.75 Å². The van der Waals surface area contributed by atoms with Gasteiger partial charge < -0.3 is 15.5 Å². The van der Waals surface area contributed by atoms with Crippen LogP contribution < -0.4 is 10.6 Å². The summed E-state index contributed by atoms with van der Waals surface area (Å²) in [5.41, 5.74) is 0. The molecule has 0 radical (unpaired) electrons. The van der Waals surface area contributed by atoms with Gasteiger partial charge in [0.1, 0.15) is 0 Å². The van der Waals surface area contributed by atoms with Crippen LogP contribution in [0.4, 0.5) is 0 Å². The highest BCUT2D eigenvalue weighted by molar-refractivity contribution is 7.89. The number of piperidine rings is 1. The Morgan fingerprint density at radius 3 is 2.50 bits per heavy atom.